The van der Waals surface area contributed by atoms with Gasteiger partial charge in [0, 0.05) is 14.9 Å². The SMILES string of the molecule is Cc1ccc(C(NN)c2cc3cc(Cl)ccc3o2)cc1Br. The quantitative estimate of drug-likeness (QED) is 0.522. The number of hydrazine groups is 1. The smallest absolute Gasteiger partial charge is 0.134 e. The fourth-order valence-corrected chi connectivity index (χ4v) is 2.89. The van der Waals surface area contributed by atoms with Crippen molar-refractivity contribution in [3.05, 3.63) is 68.8 Å². The number of fused-ring (bicyclic) bond motifs is 1. The molecule has 0 aliphatic rings. The van der Waals surface area contributed by atoms with Gasteiger partial charge in [0.05, 0.1) is 0 Å². The third-order valence-electron chi connectivity index (χ3n) is 3.48. The average Bonchev–Trinajstić information content (AvgIpc) is 2.86. The van der Waals surface area contributed by atoms with Crippen molar-refractivity contribution < 1.29 is 4.42 Å². The van der Waals surface area contributed by atoms with E-state index in [1.54, 1.807) is 0 Å². The Labute approximate surface area is 136 Å². The number of aryl methyl sites for hydroxylation is 1. The minimum atomic E-state index is -0.215. The zero-order valence-electron chi connectivity index (χ0n) is 11.4. The summed E-state index contributed by atoms with van der Waals surface area (Å²) < 4.78 is 6.93. The predicted octanol–water partition coefficient (Wildman–Crippen LogP) is 4.71. The van der Waals surface area contributed by atoms with Gasteiger partial charge in [-0.05, 0) is 48.4 Å². The van der Waals surface area contributed by atoms with E-state index in [2.05, 4.69) is 21.4 Å². The van der Waals surface area contributed by atoms with Gasteiger partial charge in [-0.1, -0.05) is 39.7 Å². The highest BCUT2D eigenvalue weighted by molar-refractivity contribution is 9.10. The van der Waals surface area contributed by atoms with Crippen LogP contribution in [0.2, 0.25) is 5.02 Å². The topological polar surface area (TPSA) is 51.2 Å². The molecular formula is C16H14BrClN2O. The van der Waals surface area contributed by atoms with Crippen LogP contribution < -0.4 is 11.3 Å². The first-order valence-electron chi connectivity index (χ1n) is 6.49. The van der Waals surface area contributed by atoms with Crippen molar-refractivity contribution >= 4 is 38.5 Å². The van der Waals surface area contributed by atoms with Crippen LogP contribution in [0, 0.1) is 6.92 Å². The van der Waals surface area contributed by atoms with Crippen molar-refractivity contribution in [1.82, 2.24) is 5.43 Å². The average molecular weight is 366 g/mol. The summed E-state index contributed by atoms with van der Waals surface area (Å²) in [6.07, 6.45) is 0. The largest absolute Gasteiger partial charge is 0.459 e. The first kappa shape index (κ1) is 14.6. The van der Waals surface area contributed by atoms with Crippen molar-refractivity contribution in [1.29, 1.82) is 0 Å². The van der Waals surface area contributed by atoms with Gasteiger partial charge in [-0.3, -0.25) is 5.84 Å². The van der Waals surface area contributed by atoms with Gasteiger partial charge in [0.2, 0.25) is 0 Å². The molecule has 0 spiro atoms. The second kappa shape index (κ2) is 5.81. The molecule has 0 radical (unpaired) electrons. The third kappa shape index (κ3) is 2.85. The molecule has 21 heavy (non-hydrogen) atoms. The number of benzene rings is 2. The summed E-state index contributed by atoms with van der Waals surface area (Å²) in [5.41, 5.74) is 5.80. The molecule has 3 N–H and O–H groups in total. The highest BCUT2D eigenvalue weighted by Gasteiger charge is 2.18. The fraction of sp³-hybridized carbons (Fsp3) is 0.125. The molecule has 1 atom stereocenters. The number of rotatable bonds is 3. The van der Waals surface area contributed by atoms with Crippen LogP contribution in [0.15, 0.2) is 51.4 Å². The van der Waals surface area contributed by atoms with E-state index in [1.807, 2.05) is 49.4 Å². The lowest BCUT2D eigenvalue weighted by molar-refractivity contribution is 0.477. The Morgan fingerprint density at radius 3 is 2.71 bits per heavy atom. The third-order valence-corrected chi connectivity index (χ3v) is 4.57. The molecule has 3 aromatic rings. The molecule has 0 saturated heterocycles. The van der Waals surface area contributed by atoms with Crippen molar-refractivity contribution in [3.63, 3.8) is 0 Å². The summed E-state index contributed by atoms with van der Waals surface area (Å²) in [6, 6.07) is 13.4. The van der Waals surface area contributed by atoms with Crippen molar-refractivity contribution in [2.45, 2.75) is 13.0 Å². The molecule has 0 bridgehead atoms. The standard InChI is InChI=1S/C16H14BrClN2O/c1-9-2-3-10(7-13(9)17)16(20-19)15-8-11-6-12(18)4-5-14(11)21-15/h2-8,16,20H,19H2,1H3. The highest BCUT2D eigenvalue weighted by Crippen LogP contribution is 2.31. The van der Waals surface area contributed by atoms with Crippen LogP contribution >= 0.6 is 27.5 Å². The lowest BCUT2D eigenvalue weighted by Crippen LogP contribution is -2.28. The fourth-order valence-electron chi connectivity index (χ4n) is 2.31. The number of nitrogens with two attached hydrogens (primary N) is 1. The van der Waals surface area contributed by atoms with Crippen molar-refractivity contribution in [3.8, 4) is 0 Å². The van der Waals surface area contributed by atoms with Gasteiger partial charge in [0.25, 0.3) is 0 Å². The Bertz CT molecular complexity index is 800. The van der Waals surface area contributed by atoms with Gasteiger partial charge in [-0.15, -0.1) is 0 Å². The van der Waals surface area contributed by atoms with E-state index >= 15 is 0 Å². The Kier molecular flexibility index (Phi) is 4.04. The molecule has 1 aromatic heterocycles. The van der Waals surface area contributed by atoms with Crippen LogP contribution in [0.3, 0.4) is 0 Å². The molecule has 0 amide bonds. The molecule has 0 fully saturated rings. The van der Waals surface area contributed by atoms with Gasteiger partial charge in [0.1, 0.15) is 17.4 Å². The minimum absolute atomic E-state index is 0.215. The number of furan rings is 1. The van der Waals surface area contributed by atoms with Crippen LogP contribution in [-0.4, -0.2) is 0 Å². The Hall–Kier alpha value is -1.33. The van der Waals surface area contributed by atoms with Crippen LogP contribution in [0.5, 0.6) is 0 Å². The van der Waals surface area contributed by atoms with Gasteiger partial charge < -0.3 is 4.42 Å². The van der Waals surface area contributed by atoms with E-state index < -0.39 is 0 Å². The van der Waals surface area contributed by atoms with E-state index in [1.165, 1.54) is 5.56 Å². The zero-order valence-corrected chi connectivity index (χ0v) is 13.7. The first-order valence-corrected chi connectivity index (χ1v) is 7.67. The summed E-state index contributed by atoms with van der Waals surface area (Å²) in [4.78, 5) is 0. The summed E-state index contributed by atoms with van der Waals surface area (Å²) in [5, 5.41) is 1.65. The lowest BCUT2D eigenvalue weighted by atomic mass is 10.0. The molecule has 2 aromatic carbocycles. The van der Waals surface area contributed by atoms with Crippen LogP contribution in [-0.2, 0) is 0 Å². The van der Waals surface area contributed by atoms with E-state index in [9.17, 15) is 0 Å². The first-order chi connectivity index (χ1) is 10.1. The molecular weight excluding hydrogens is 352 g/mol. The Morgan fingerprint density at radius 1 is 1.19 bits per heavy atom. The summed E-state index contributed by atoms with van der Waals surface area (Å²) >= 11 is 9.55. The van der Waals surface area contributed by atoms with E-state index in [4.69, 9.17) is 21.9 Å². The molecule has 5 heteroatoms. The molecule has 108 valence electrons. The second-order valence-electron chi connectivity index (χ2n) is 4.94. The van der Waals surface area contributed by atoms with Gasteiger partial charge in [0.15, 0.2) is 0 Å². The van der Waals surface area contributed by atoms with Gasteiger partial charge in [-0.2, -0.15) is 0 Å². The highest BCUT2D eigenvalue weighted by atomic mass is 79.9. The zero-order chi connectivity index (χ0) is 15.0. The molecule has 1 unspecified atom stereocenters. The molecule has 0 saturated carbocycles. The van der Waals surface area contributed by atoms with Crippen LogP contribution in [0.25, 0.3) is 11.0 Å². The maximum absolute atomic E-state index is 6.01. The number of hydrogen-bond donors (Lipinski definition) is 2. The molecule has 1 heterocycles. The van der Waals surface area contributed by atoms with Crippen molar-refractivity contribution in [2.75, 3.05) is 0 Å². The van der Waals surface area contributed by atoms with E-state index in [0.717, 1.165) is 26.8 Å². The number of hydrogen-bond acceptors (Lipinski definition) is 3. The summed E-state index contributed by atoms with van der Waals surface area (Å²) in [5.74, 6) is 6.48. The van der Waals surface area contributed by atoms with Gasteiger partial charge >= 0.3 is 0 Å². The summed E-state index contributed by atoms with van der Waals surface area (Å²) in [7, 11) is 0. The molecule has 0 aliphatic heterocycles. The lowest BCUT2D eigenvalue weighted by Gasteiger charge is -2.14. The Morgan fingerprint density at radius 2 is 2.00 bits per heavy atom. The monoisotopic (exact) mass is 364 g/mol. The molecule has 3 rings (SSSR count). The predicted molar refractivity (Wildman–Crippen MR) is 89.3 cm³/mol. The van der Waals surface area contributed by atoms with Crippen LogP contribution in [0.4, 0.5) is 0 Å². The van der Waals surface area contributed by atoms with E-state index in [0.29, 0.717) is 5.02 Å². The number of halogens is 2. The van der Waals surface area contributed by atoms with Crippen molar-refractivity contribution in [2.24, 2.45) is 5.84 Å². The second-order valence-corrected chi connectivity index (χ2v) is 6.23. The van der Waals surface area contributed by atoms with Crippen LogP contribution in [0.1, 0.15) is 22.9 Å². The normalized spacial score (nSPS) is 12.8. The summed E-state index contributed by atoms with van der Waals surface area (Å²) in [6.45, 7) is 2.04. The molecule has 0 aliphatic carbocycles. The maximum atomic E-state index is 6.01. The minimum Gasteiger partial charge on any atom is -0.459 e. The number of nitrogens with one attached hydrogen (secondary N) is 1. The molecule has 3 nitrogen and oxygen atoms in total. The van der Waals surface area contributed by atoms with E-state index in [-0.39, 0.29) is 6.04 Å². The maximum Gasteiger partial charge on any atom is 0.134 e. The Balaban J connectivity index is 2.06. The van der Waals surface area contributed by atoms with Gasteiger partial charge in [-0.25, -0.2) is 5.43 Å².